The van der Waals surface area contributed by atoms with Gasteiger partial charge in [-0.05, 0) is 51.2 Å². The topological polar surface area (TPSA) is 71.5 Å². The molecule has 0 unspecified atom stereocenters. The fraction of sp³-hybridized carbons (Fsp3) is 0.632. The fourth-order valence-electron chi connectivity index (χ4n) is 3.72. The summed E-state index contributed by atoms with van der Waals surface area (Å²) in [5.74, 6) is 0.202. The van der Waals surface area contributed by atoms with Gasteiger partial charge in [0.15, 0.2) is 0 Å². The number of likely N-dealkylation sites (tertiary alicyclic amines) is 1. The lowest BCUT2D eigenvalue weighted by atomic mass is 9.86. The Balaban J connectivity index is 1.48. The van der Waals surface area contributed by atoms with E-state index in [0.29, 0.717) is 24.8 Å². The van der Waals surface area contributed by atoms with E-state index in [1.165, 1.54) is 0 Å². The molecular weight excluding hydrogens is 318 g/mol. The zero-order valence-corrected chi connectivity index (χ0v) is 15.0. The largest absolute Gasteiger partial charge is 0.381 e. The number of pyridine rings is 1. The van der Waals surface area contributed by atoms with Crippen molar-refractivity contribution in [2.45, 2.75) is 51.2 Å². The molecule has 3 rings (SSSR count). The van der Waals surface area contributed by atoms with Gasteiger partial charge in [0.25, 0.3) is 5.91 Å². The van der Waals surface area contributed by atoms with Crippen LogP contribution in [0.2, 0.25) is 0 Å². The Morgan fingerprint density at radius 3 is 2.60 bits per heavy atom. The van der Waals surface area contributed by atoms with Crippen LogP contribution in [0, 0.1) is 12.8 Å². The van der Waals surface area contributed by atoms with Gasteiger partial charge in [0.2, 0.25) is 5.91 Å². The second-order valence-corrected chi connectivity index (χ2v) is 7.14. The number of methoxy groups -OCH3 is 1. The van der Waals surface area contributed by atoms with Gasteiger partial charge in [-0.1, -0.05) is 0 Å². The smallest absolute Gasteiger partial charge is 0.255 e. The summed E-state index contributed by atoms with van der Waals surface area (Å²) < 4.78 is 5.36. The van der Waals surface area contributed by atoms with Gasteiger partial charge in [-0.25, -0.2) is 0 Å². The Morgan fingerprint density at radius 2 is 1.96 bits per heavy atom. The van der Waals surface area contributed by atoms with Crippen LogP contribution in [-0.4, -0.2) is 54.0 Å². The summed E-state index contributed by atoms with van der Waals surface area (Å²) in [5, 5.41) is 3.14. The van der Waals surface area contributed by atoms with Gasteiger partial charge < -0.3 is 15.0 Å². The number of aryl methyl sites for hydroxylation is 1. The zero-order chi connectivity index (χ0) is 17.8. The lowest BCUT2D eigenvalue weighted by Crippen LogP contribution is -2.42. The number of nitrogens with one attached hydrogen (secondary N) is 1. The second kappa shape index (κ2) is 7.95. The number of rotatable bonds is 4. The Hall–Kier alpha value is -1.95. The van der Waals surface area contributed by atoms with Crippen molar-refractivity contribution in [3.63, 3.8) is 0 Å². The van der Waals surface area contributed by atoms with Gasteiger partial charge in [-0.3, -0.25) is 14.6 Å². The first-order valence-corrected chi connectivity index (χ1v) is 9.12. The maximum atomic E-state index is 12.5. The number of carbonyl (C=O) groups is 2. The van der Waals surface area contributed by atoms with E-state index < -0.39 is 0 Å². The lowest BCUT2D eigenvalue weighted by molar-refractivity contribution is -0.127. The molecule has 2 aliphatic rings. The molecule has 0 radical (unpaired) electrons. The van der Waals surface area contributed by atoms with Crippen molar-refractivity contribution < 1.29 is 14.3 Å². The van der Waals surface area contributed by atoms with Crippen molar-refractivity contribution in [1.29, 1.82) is 0 Å². The van der Waals surface area contributed by atoms with Crippen molar-refractivity contribution in [3.05, 3.63) is 29.6 Å². The second-order valence-electron chi connectivity index (χ2n) is 7.14. The highest BCUT2D eigenvalue weighted by atomic mass is 16.5. The average molecular weight is 345 g/mol. The van der Waals surface area contributed by atoms with Crippen LogP contribution in [0.5, 0.6) is 0 Å². The highest BCUT2D eigenvalue weighted by molar-refractivity contribution is 5.94. The predicted octanol–water partition coefficient (Wildman–Crippen LogP) is 1.93. The van der Waals surface area contributed by atoms with Crippen LogP contribution in [0.25, 0.3) is 0 Å². The quantitative estimate of drug-likeness (QED) is 0.905. The van der Waals surface area contributed by atoms with Crippen LogP contribution in [0.15, 0.2) is 18.3 Å². The fourth-order valence-corrected chi connectivity index (χ4v) is 3.72. The minimum Gasteiger partial charge on any atom is -0.381 e. The number of ether oxygens (including phenoxy) is 1. The van der Waals surface area contributed by atoms with E-state index in [-0.39, 0.29) is 23.8 Å². The molecule has 1 N–H and O–H groups in total. The van der Waals surface area contributed by atoms with Gasteiger partial charge in [-0.2, -0.15) is 0 Å². The van der Waals surface area contributed by atoms with Gasteiger partial charge in [-0.15, -0.1) is 0 Å². The van der Waals surface area contributed by atoms with E-state index in [2.05, 4.69) is 10.3 Å². The van der Waals surface area contributed by atoms with Crippen LogP contribution >= 0.6 is 0 Å². The van der Waals surface area contributed by atoms with E-state index in [1.54, 1.807) is 18.2 Å². The van der Waals surface area contributed by atoms with Crippen molar-refractivity contribution in [2.24, 2.45) is 5.92 Å². The minimum atomic E-state index is -0.00940. The molecule has 0 spiro atoms. The van der Waals surface area contributed by atoms with E-state index >= 15 is 0 Å². The normalized spacial score (nSPS) is 26.5. The summed E-state index contributed by atoms with van der Waals surface area (Å²) >= 11 is 0. The maximum absolute atomic E-state index is 12.5. The molecule has 25 heavy (non-hydrogen) atoms. The summed E-state index contributed by atoms with van der Waals surface area (Å²) in [7, 11) is 1.73. The summed E-state index contributed by atoms with van der Waals surface area (Å²) in [6.07, 6.45) is 6.40. The van der Waals surface area contributed by atoms with Crippen LogP contribution in [0.4, 0.5) is 0 Å². The third-order valence-electron chi connectivity index (χ3n) is 5.36. The Morgan fingerprint density at radius 1 is 1.20 bits per heavy atom. The predicted molar refractivity (Wildman–Crippen MR) is 94.2 cm³/mol. The lowest BCUT2D eigenvalue weighted by Gasteiger charge is -2.27. The first-order valence-electron chi connectivity index (χ1n) is 9.12. The Kier molecular flexibility index (Phi) is 5.68. The summed E-state index contributed by atoms with van der Waals surface area (Å²) in [4.78, 5) is 31.0. The molecular formula is C19H27N3O3. The molecule has 6 heteroatoms. The molecule has 2 amide bonds. The minimum absolute atomic E-state index is 0.00940. The molecule has 2 heterocycles. The number of carbonyl (C=O) groups excluding carboxylic acids is 2. The van der Waals surface area contributed by atoms with Crippen molar-refractivity contribution in [1.82, 2.24) is 15.2 Å². The molecule has 0 bridgehead atoms. The van der Waals surface area contributed by atoms with Crippen LogP contribution in [0.3, 0.4) is 0 Å². The van der Waals surface area contributed by atoms with Crippen molar-refractivity contribution in [2.75, 3.05) is 20.2 Å². The number of hydrogen-bond acceptors (Lipinski definition) is 4. The SMILES string of the molecule is COC1CCC(C(=O)N[C@@H]2CCN(C(=O)c3ccc(C)nc3)C2)CC1. The molecule has 136 valence electrons. The molecule has 1 aliphatic carbocycles. The summed E-state index contributed by atoms with van der Waals surface area (Å²) in [6.45, 7) is 3.15. The molecule has 1 atom stereocenters. The first kappa shape index (κ1) is 17.9. The number of amides is 2. The zero-order valence-electron chi connectivity index (χ0n) is 15.0. The van der Waals surface area contributed by atoms with Crippen LogP contribution in [0.1, 0.15) is 48.2 Å². The van der Waals surface area contributed by atoms with Crippen molar-refractivity contribution in [3.8, 4) is 0 Å². The first-order chi connectivity index (χ1) is 12.1. The molecule has 1 aromatic heterocycles. The number of nitrogens with zero attached hydrogens (tertiary/aromatic N) is 2. The highest BCUT2D eigenvalue weighted by Gasteiger charge is 2.31. The summed E-state index contributed by atoms with van der Waals surface area (Å²) in [6, 6.07) is 3.71. The van der Waals surface area contributed by atoms with Crippen LogP contribution < -0.4 is 5.32 Å². The van der Waals surface area contributed by atoms with Gasteiger partial charge in [0.05, 0.1) is 11.7 Å². The van der Waals surface area contributed by atoms with E-state index in [4.69, 9.17) is 4.74 Å². The Bertz CT molecular complexity index is 609. The number of hydrogen-bond donors (Lipinski definition) is 1. The molecule has 1 saturated carbocycles. The molecule has 1 aromatic rings. The standard InChI is InChI=1S/C19H27N3O3/c1-13-3-4-15(11-20-13)19(24)22-10-9-16(12-22)21-18(23)14-5-7-17(25-2)8-6-14/h3-4,11,14,16-17H,5-10,12H2,1-2H3,(H,21,23)/t14?,16-,17?/m1/s1. The van der Waals surface area contributed by atoms with Gasteiger partial charge >= 0.3 is 0 Å². The highest BCUT2D eigenvalue weighted by Crippen LogP contribution is 2.26. The molecule has 1 saturated heterocycles. The summed E-state index contributed by atoms with van der Waals surface area (Å²) in [5.41, 5.74) is 1.50. The maximum Gasteiger partial charge on any atom is 0.255 e. The molecule has 2 fully saturated rings. The van der Waals surface area contributed by atoms with Gasteiger partial charge in [0.1, 0.15) is 0 Å². The third-order valence-corrected chi connectivity index (χ3v) is 5.36. The third kappa shape index (κ3) is 4.37. The van der Waals surface area contributed by atoms with E-state index in [9.17, 15) is 9.59 Å². The molecule has 0 aromatic carbocycles. The van der Waals surface area contributed by atoms with E-state index in [1.807, 2.05) is 19.1 Å². The Labute approximate surface area is 148 Å². The average Bonchev–Trinajstić information content (AvgIpc) is 3.10. The van der Waals surface area contributed by atoms with E-state index in [0.717, 1.165) is 37.8 Å². The van der Waals surface area contributed by atoms with Crippen molar-refractivity contribution >= 4 is 11.8 Å². The molecule has 1 aliphatic heterocycles. The molecule has 6 nitrogen and oxygen atoms in total. The van der Waals surface area contributed by atoms with Crippen LogP contribution in [-0.2, 0) is 9.53 Å². The van der Waals surface area contributed by atoms with Gasteiger partial charge in [0, 0.05) is 44.0 Å². The monoisotopic (exact) mass is 345 g/mol. The number of aromatic nitrogens is 1.